The first kappa shape index (κ1) is 17.0. The Bertz CT molecular complexity index is 518. The lowest BCUT2D eigenvalue weighted by Gasteiger charge is -2.23. The van der Waals surface area contributed by atoms with Crippen molar-refractivity contribution in [2.24, 2.45) is 0 Å². The van der Waals surface area contributed by atoms with Gasteiger partial charge in [0.05, 0.1) is 5.56 Å². The quantitative estimate of drug-likeness (QED) is 0.672. The molecule has 0 amide bonds. The molecule has 0 saturated heterocycles. The van der Waals surface area contributed by atoms with Gasteiger partial charge in [0.1, 0.15) is 0 Å². The van der Waals surface area contributed by atoms with Crippen LogP contribution in [0.5, 0.6) is 0 Å². The van der Waals surface area contributed by atoms with Crippen LogP contribution in [0.3, 0.4) is 0 Å². The van der Waals surface area contributed by atoms with Crippen LogP contribution in [-0.4, -0.2) is 17.7 Å². The van der Waals surface area contributed by atoms with Gasteiger partial charge in [-0.1, -0.05) is 12.1 Å². The summed E-state index contributed by atoms with van der Waals surface area (Å²) in [6.45, 7) is 0.513. The van der Waals surface area contributed by atoms with Gasteiger partial charge in [0.15, 0.2) is 6.10 Å². The number of benzene rings is 1. The van der Waals surface area contributed by atoms with E-state index in [1.165, 1.54) is 0 Å². The minimum atomic E-state index is -5.13. The third-order valence-electron chi connectivity index (χ3n) is 2.11. The average Bonchev–Trinajstić information content (AvgIpc) is 2.22. The molecule has 10 heteroatoms. The highest BCUT2D eigenvalue weighted by Crippen LogP contribution is 2.49. The van der Waals surface area contributed by atoms with Crippen LogP contribution in [0.2, 0.25) is 0 Å². The predicted molar refractivity (Wildman–Crippen MR) is 57.1 cm³/mol. The first-order valence-corrected chi connectivity index (χ1v) is 7.06. The van der Waals surface area contributed by atoms with E-state index in [9.17, 15) is 30.9 Å². The summed E-state index contributed by atoms with van der Waals surface area (Å²) in [7, 11) is -4.54. The molecule has 0 bridgehead atoms. The van der Waals surface area contributed by atoms with Crippen LogP contribution < -0.4 is 0 Å². The standard InChI is InChI=1S/C10H9F6O3P/c1-20(17,18)19-8(10(14,15)16)6-3-2-4-7(5-6)9(11,12)13/h2-5,8H,1H3,(H,17,18). The summed E-state index contributed by atoms with van der Waals surface area (Å²) in [5.41, 5.74) is -2.21. The molecule has 0 saturated carbocycles. The highest BCUT2D eigenvalue weighted by atomic mass is 31.2. The molecule has 2 atom stereocenters. The molecule has 1 rings (SSSR count). The highest BCUT2D eigenvalue weighted by molar-refractivity contribution is 7.51. The minimum absolute atomic E-state index is 0.230. The Kier molecular flexibility index (Phi) is 4.58. The summed E-state index contributed by atoms with van der Waals surface area (Å²) >= 11 is 0. The fourth-order valence-electron chi connectivity index (χ4n) is 1.38. The van der Waals surface area contributed by atoms with Gasteiger partial charge in [0, 0.05) is 6.66 Å². The van der Waals surface area contributed by atoms with Crippen LogP contribution in [0, 0.1) is 0 Å². The Morgan fingerprint density at radius 3 is 2.15 bits per heavy atom. The van der Waals surface area contributed by atoms with E-state index in [1.807, 2.05) is 0 Å². The molecule has 1 aromatic rings. The lowest BCUT2D eigenvalue weighted by atomic mass is 10.1. The van der Waals surface area contributed by atoms with Crippen molar-refractivity contribution in [2.75, 3.05) is 6.66 Å². The SMILES string of the molecule is CP(=O)(O)OC(c1cccc(C(F)(F)F)c1)C(F)(F)F. The lowest BCUT2D eigenvalue weighted by Crippen LogP contribution is -2.23. The third-order valence-corrected chi connectivity index (χ3v) is 2.72. The topological polar surface area (TPSA) is 46.5 Å². The van der Waals surface area contributed by atoms with Crippen LogP contribution >= 0.6 is 7.60 Å². The number of hydrogen-bond acceptors (Lipinski definition) is 2. The molecule has 2 unspecified atom stereocenters. The van der Waals surface area contributed by atoms with Crippen LogP contribution in [-0.2, 0) is 15.3 Å². The monoisotopic (exact) mass is 322 g/mol. The molecule has 114 valence electrons. The van der Waals surface area contributed by atoms with E-state index in [1.54, 1.807) is 0 Å². The average molecular weight is 322 g/mol. The van der Waals surface area contributed by atoms with E-state index in [2.05, 4.69) is 4.52 Å². The first-order valence-electron chi connectivity index (χ1n) is 5.03. The van der Waals surface area contributed by atoms with Gasteiger partial charge in [0.2, 0.25) is 0 Å². The minimum Gasteiger partial charge on any atom is -0.324 e. The largest absolute Gasteiger partial charge is 0.419 e. The van der Waals surface area contributed by atoms with E-state index < -0.39 is 37.2 Å². The van der Waals surface area contributed by atoms with Gasteiger partial charge in [-0.25, -0.2) is 0 Å². The summed E-state index contributed by atoms with van der Waals surface area (Å²) in [5, 5.41) is 0. The normalized spacial score (nSPS) is 17.6. The number of alkyl halides is 6. The molecule has 0 radical (unpaired) electrons. The molecular weight excluding hydrogens is 313 g/mol. The van der Waals surface area contributed by atoms with Crippen LogP contribution in [0.1, 0.15) is 17.2 Å². The van der Waals surface area contributed by atoms with Gasteiger partial charge < -0.3 is 4.89 Å². The summed E-state index contributed by atoms with van der Waals surface area (Å²) in [6.07, 6.45) is -12.9. The van der Waals surface area contributed by atoms with Crippen molar-refractivity contribution in [1.29, 1.82) is 0 Å². The zero-order valence-electron chi connectivity index (χ0n) is 9.87. The maximum atomic E-state index is 12.7. The summed E-state index contributed by atoms with van der Waals surface area (Å²) < 4.78 is 90.4. The molecule has 0 aliphatic rings. The number of rotatable bonds is 3. The Balaban J connectivity index is 3.25. The van der Waals surface area contributed by atoms with Crippen molar-refractivity contribution < 1.29 is 40.3 Å². The highest BCUT2D eigenvalue weighted by Gasteiger charge is 2.45. The molecule has 0 heterocycles. The van der Waals surface area contributed by atoms with Crippen molar-refractivity contribution in [2.45, 2.75) is 18.5 Å². The molecule has 20 heavy (non-hydrogen) atoms. The van der Waals surface area contributed by atoms with Gasteiger partial charge in [-0.15, -0.1) is 0 Å². The Morgan fingerprint density at radius 2 is 1.75 bits per heavy atom. The van der Waals surface area contributed by atoms with E-state index in [4.69, 9.17) is 4.89 Å². The smallest absolute Gasteiger partial charge is 0.324 e. The molecular formula is C10H9F6O3P. The maximum absolute atomic E-state index is 12.7. The van der Waals surface area contributed by atoms with Gasteiger partial charge in [-0.3, -0.25) is 9.09 Å². The number of halogens is 6. The van der Waals surface area contributed by atoms with Gasteiger partial charge >= 0.3 is 19.9 Å². The maximum Gasteiger partial charge on any atom is 0.419 e. The van der Waals surface area contributed by atoms with E-state index in [0.717, 1.165) is 12.1 Å². The van der Waals surface area contributed by atoms with Gasteiger partial charge in [-0.05, 0) is 17.7 Å². The van der Waals surface area contributed by atoms with E-state index in [0.29, 0.717) is 12.7 Å². The van der Waals surface area contributed by atoms with Crippen LogP contribution in [0.25, 0.3) is 0 Å². The Morgan fingerprint density at radius 1 is 1.20 bits per heavy atom. The van der Waals surface area contributed by atoms with E-state index >= 15 is 0 Å². The molecule has 3 nitrogen and oxygen atoms in total. The second-order valence-electron chi connectivity index (χ2n) is 3.95. The second kappa shape index (κ2) is 5.38. The zero-order valence-corrected chi connectivity index (χ0v) is 10.8. The molecule has 1 aromatic carbocycles. The number of hydrogen-bond donors (Lipinski definition) is 1. The molecule has 1 N–H and O–H groups in total. The van der Waals surface area contributed by atoms with Crippen molar-refractivity contribution in [3.8, 4) is 0 Å². The summed E-state index contributed by atoms with van der Waals surface area (Å²) in [6, 6.07) is 2.32. The second-order valence-corrected chi connectivity index (χ2v) is 5.77. The molecule has 0 aliphatic carbocycles. The van der Waals surface area contributed by atoms with Gasteiger partial charge in [0.25, 0.3) is 0 Å². The van der Waals surface area contributed by atoms with Crippen molar-refractivity contribution >= 4 is 7.60 Å². The third kappa shape index (κ3) is 4.81. The predicted octanol–water partition coefficient (Wildman–Crippen LogP) is 4.14. The molecule has 0 spiro atoms. The molecule has 0 aromatic heterocycles. The first-order chi connectivity index (χ1) is 8.81. The molecule has 0 fully saturated rings. The lowest BCUT2D eigenvalue weighted by molar-refractivity contribution is -0.199. The Hall–Kier alpha value is -1.05. The van der Waals surface area contributed by atoms with Crippen molar-refractivity contribution in [3.63, 3.8) is 0 Å². The molecule has 0 aliphatic heterocycles. The van der Waals surface area contributed by atoms with E-state index in [-0.39, 0.29) is 6.07 Å². The van der Waals surface area contributed by atoms with Gasteiger partial charge in [-0.2, -0.15) is 26.3 Å². The summed E-state index contributed by atoms with van der Waals surface area (Å²) in [5.74, 6) is 0. The fraction of sp³-hybridized carbons (Fsp3) is 0.400. The van der Waals surface area contributed by atoms with Crippen LogP contribution in [0.4, 0.5) is 26.3 Å². The van der Waals surface area contributed by atoms with Crippen molar-refractivity contribution in [3.05, 3.63) is 35.4 Å². The summed E-state index contributed by atoms with van der Waals surface area (Å²) in [4.78, 5) is 8.85. The Labute approximate surface area is 109 Å². The van der Waals surface area contributed by atoms with Crippen molar-refractivity contribution in [1.82, 2.24) is 0 Å². The zero-order chi connectivity index (χ0) is 15.8. The van der Waals surface area contributed by atoms with Crippen LogP contribution in [0.15, 0.2) is 24.3 Å². The fourth-order valence-corrected chi connectivity index (χ4v) is 2.02.